The third-order valence-electron chi connectivity index (χ3n) is 3.05. The van der Waals surface area contributed by atoms with Crippen LogP contribution in [0.1, 0.15) is 11.7 Å². The van der Waals surface area contributed by atoms with E-state index in [2.05, 4.69) is 10.6 Å². The summed E-state index contributed by atoms with van der Waals surface area (Å²) in [5, 5.41) is 15.0. The maximum absolute atomic E-state index is 13.5. The highest BCUT2D eigenvalue weighted by Crippen LogP contribution is 2.17. The Morgan fingerprint density at radius 2 is 2.05 bits per heavy atom. The van der Waals surface area contributed by atoms with Crippen LogP contribution in [0.15, 0.2) is 48.5 Å². The molecular formula is C16H17FN2O3. The molecule has 0 aliphatic heterocycles. The van der Waals surface area contributed by atoms with E-state index in [0.717, 1.165) is 0 Å². The number of amides is 2. The van der Waals surface area contributed by atoms with Gasteiger partial charge in [0.05, 0.1) is 13.2 Å². The normalized spacial score (nSPS) is 11.6. The number of aliphatic hydroxyl groups is 1. The summed E-state index contributed by atoms with van der Waals surface area (Å²) < 4.78 is 18.5. The van der Waals surface area contributed by atoms with Gasteiger partial charge in [-0.15, -0.1) is 0 Å². The molecule has 2 aromatic carbocycles. The second kappa shape index (κ2) is 7.42. The number of carbonyl (C=O) groups excluding carboxylic acids is 1. The molecule has 0 bridgehead atoms. The minimum Gasteiger partial charge on any atom is -0.497 e. The number of aliphatic hydroxyl groups excluding tert-OH is 1. The van der Waals surface area contributed by atoms with Gasteiger partial charge in [0.2, 0.25) is 0 Å². The summed E-state index contributed by atoms with van der Waals surface area (Å²) >= 11 is 0. The highest BCUT2D eigenvalue weighted by atomic mass is 19.1. The van der Waals surface area contributed by atoms with E-state index in [1.807, 2.05) is 0 Å². The van der Waals surface area contributed by atoms with Crippen molar-refractivity contribution >= 4 is 11.7 Å². The van der Waals surface area contributed by atoms with Crippen LogP contribution < -0.4 is 15.4 Å². The van der Waals surface area contributed by atoms with Crippen LogP contribution in [0.3, 0.4) is 0 Å². The molecule has 0 radical (unpaired) electrons. The standard InChI is InChI=1S/C16H17FN2O3/c1-22-12-6-4-5-11(9-12)19-16(21)18-10-15(20)13-7-2-3-8-14(13)17/h2-9,15,20H,10H2,1H3,(H2,18,19,21). The van der Waals surface area contributed by atoms with E-state index in [4.69, 9.17) is 4.74 Å². The monoisotopic (exact) mass is 304 g/mol. The fourth-order valence-corrected chi connectivity index (χ4v) is 1.92. The van der Waals surface area contributed by atoms with Crippen LogP contribution in [0.25, 0.3) is 0 Å². The maximum atomic E-state index is 13.5. The Hall–Kier alpha value is -2.60. The lowest BCUT2D eigenvalue weighted by Crippen LogP contribution is -2.32. The van der Waals surface area contributed by atoms with Crippen molar-refractivity contribution in [3.05, 3.63) is 59.9 Å². The van der Waals surface area contributed by atoms with Crippen LogP contribution >= 0.6 is 0 Å². The number of methoxy groups -OCH3 is 1. The average Bonchev–Trinajstić information content (AvgIpc) is 2.53. The Kier molecular flexibility index (Phi) is 5.32. The van der Waals surface area contributed by atoms with Gasteiger partial charge in [0.15, 0.2) is 0 Å². The fraction of sp³-hybridized carbons (Fsp3) is 0.188. The molecule has 2 amide bonds. The Labute approximate surface area is 127 Å². The molecule has 0 aliphatic carbocycles. The van der Waals surface area contributed by atoms with Crippen LogP contribution in [0.2, 0.25) is 0 Å². The van der Waals surface area contributed by atoms with Gasteiger partial charge in [-0.1, -0.05) is 24.3 Å². The second-order valence-electron chi connectivity index (χ2n) is 4.60. The minimum atomic E-state index is -1.11. The van der Waals surface area contributed by atoms with Crippen molar-refractivity contribution in [3.63, 3.8) is 0 Å². The van der Waals surface area contributed by atoms with E-state index in [9.17, 15) is 14.3 Å². The number of nitrogens with one attached hydrogen (secondary N) is 2. The second-order valence-corrected chi connectivity index (χ2v) is 4.60. The zero-order chi connectivity index (χ0) is 15.9. The zero-order valence-electron chi connectivity index (χ0n) is 12.0. The first-order valence-corrected chi connectivity index (χ1v) is 6.71. The number of rotatable bonds is 5. The van der Waals surface area contributed by atoms with Crippen molar-refractivity contribution in [2.45, 2.75) is 6.10 Å². The zero-order valence-corrected chi connectivity index (χ0v) is 12.0. The first kappa shape index (κ1) is 15.8. The molecular weight excluding hydrogens is 287 g/mol. The van der Waals surface area contributed by atoms with Gasteiger partial charge in [-0.25, -0.2) is 9.18 Å². The molecule has 22 heavy (non-hydrogen) atoms. The van der Waals surface area contributed by atoms with Gasteiger partial charge in [-0.05, 0) is 18.2 Å². The third kappa shape index (κ3) is 4.20. The molecule has 0 aliphatic rings. The summed E-state index contributed by atoms with van der Waals surface area (Å²) in [4.78, 5) is 11.8. The number of hydrogen-bond acceptors (Lipinski definition) is 3. The lowest BCUT2D eigenvalue weighted by atomic mass is 10.1. The van der Waals surface area contributed by atoms with Crippen molar-refractivity contribution in [1.82, 2.24) is 5.32 Å². The number of benzene rings is 2. The number of urea groups is 1. The maximum Gasteiger partial charge on any atom is 0.319 e. The van der Waals surface area contributed by atoms with Crippen LogP contribution in [-0.4, -0.2) is 24.8 Å². The van der Waals surface area contributed by atoms with Gasteiger partial charge in [0, 0.05) is 23.9 Å². The number of carbonyl (C=O) groups is 1. The Balaban J connectivity index is 1.88. The van der Waals surface area contributed by atoms with Crippen LogP contribution in [0.4, 0.5) is 14.9 Å². The highest BCUT2D eigenvalue weighted by molar-refractivity contribution is 5.89. The topological polar surface area (TPSA) is 70.6 Å². The van der Waals surface area contributed by atoms with E-state index in [1.165, 1.54) is 25.3 Å². The van der Waals surface area contributed by atoms with Gasteiger partial charge in [0.25, 0.3) is 0 Å². The number of ether oxygens (including phenoxy) is 1. The summed E-state index contributed by atoms with van der Waals surface area (Å²) in [5.41, 5.74) is 0.696. The van der Waals surface area contributed by atoms with Gasteiger partial charge < -0.3 is 20.5 Å². The summed E-state index contributed by atoms with van der Waals surface area (Å²) in [6.07, 6.45) is -1.11. The molecule has 2 rings (SSSR count). The Morgan fingerprint density at radius 3 is 2.77 bits per heavy atom. The molecule has 6 heteroatoms. The van der Waals surface area contributed by atoms with E-state index in [-0.39, 0.29) is 12.1 Å². The molecule has 0 saturated heterocycles. The largest absolute Gasteiger partial charge is 0.497 e. The Morgan fingerprint density at radius 1 is 1.27 bits per heavy atom. The van der Waals surface area contributed by atoms with E-state index in [1.54, 1.807) is 30.3 Å². The summed E-state index contributed by atoms with van der Waals surface area (Å²) in [6, 6.07) is 12.3. The molecule has 3 N–H and O–H groups in total. The number of halogens is 1. The molecule has 116 valence electrons. The van der Waals surface area contributed by atoms with Gasteiger partial charge >= 0.3 is 6.03 Å². The predicted octanol–water partition coefficient (Wildman–Crippen LogP) is 2.69. The van der Waals surface area contributed by atoms with Crippen molar-refractivity contribution in [2.75, 3.05) is 19.0 Å². The highest BCUT2D eigenvalue weighted by Gasteiger charge is 2.13. The summed E-state index contributed by atoms with van der Waals surface area (Å²) in [6.45, 7) is -0.100. The SMILES string of the molecule is COc1cccc(NC(=O)NCC(O)c2ccccc2F)c1. The van der Waals surface area contributed by atoms with E-state index >= 15 is 0 Å². The molecule has 1 atom stereocenters. The van der Waals surface area contributed by atoms with Gasteiger partial charge in [-0.2, -0.15) is 0 Å². The molecule has 5 nitrogen and oxygen atoms in total. The fourth-order valence-electron chi connectivity index (χ4n) is 1.92. The molecule has 1 unspecified atom stereocenters. The molecule has 0 heterocycles. The van der Waals surface area contributed by atoms with Crippen LogP contribution in [-0.2, 0) is 0 Å². The van der Waals surface area contributed by atoms with Gasteiger partial charge in [-0.3, -0.25) is 0 Å². The van der Waals surface area contributed by atoms with Crippen LogP contribution in [0, 0.1) is 5.82 Å². The molecule has 0 fully saturated rings. The summed E-state index contributed by atoms with van der Waals surface area (Å²) in [5.74, 6) is 0.106. The summed E-state index contributed by atoms with van der Waals surface area (Å²) in [7, 11) is 1.53. The molecule has 0 spiro atoms. The lowest BCUT2D eigenvalue weighted by molar-refractivity contribution is 0.170. The first-order chi connectivity index (χ1) is 10.6. The quantitative estimate of drug-likeness (QED) is 0.795. The third-order valence-corrected chi connectivity index (χ3v) is 3.05. The van der Waals surface area contributed by atoms with Crippen molar-refractivity contribution in [3.8, 4) is 5.75 Å². The van der Waals surface area contributed by atoms with Crippen LogP contribution in [0.5, 0.6) is 5.75 Å². The first-order valence-electron chi connectivity index (χ1n) is 6.71. The number of hydrogen-bond donors (Lipinski definition) is 3. The predicted molar refractivity (Wildman–Crippen MR) is 81.4 cm³/mol. The number of anilines is 1. The van der Waals surface area contributed by atoms with Crippen molar-refractivity contribution < 1.29 is 19.0 Å². The minimum absolute atomic E-state index is 0.100. The molecule has 0 aromatic heterocycles. The van der Waals surface area contributed by atoms with E-state index in [0.29, 0.717) is 11.4 Å². The van der Waals surface area contributed by atoms with Gasteiger partial charge in [0.1, 0.15) is 11.6 Å². The van der Waals surface area contributed by atoms with Crippen molar-refractivity contribution in [2.24, 2.45) is 0 Å². The molecule has 0 saturated carbocycles. The Bertz CT molecular complexity index is 649. The molecule has 2 aromatic rings. The van der Waals surface area contributed by atoms with Crippen molar-refractivity contribution in [1.29, 1.82) is 0 Å². The smallest absolute Gasteiger partial charge is 0.319 e. The lowest BCUT2D eigenvalue weighted by Gasteiger charge is -2.13. The average molecular weight is 304 g/mol. The van der Waals surface area contributed by atoms with E-state index < -0.39 is 18.0 Å².